The van der Waals surface area contributed by atoms with E-state index in [1.807, 2.05) is 6.92 Å². The summed E-state index contributed by atoms with van der Waals surface area (Å²) in [7, 11) is 0. The Bertz CT molecular complexity index is 437. The Hall–Kier alpha value is -1.52. The highest BCUT2D eigenvalue weighted by Crippen LogP contribution is 2.32. The number of benzene rings is 1. The van der Waals surface area contributed by atoms with E-state index in [-0.39, 0.29) is 5.92 Å². The second kappa shape index (κ2) is 5.00. The lowest BCUT2D eigenvalue weighted by Gasteiger charge is -2.11. The van der Waals surface area contributed by atoms with Crippen LogP contribution in [0.3, 0.4) is 0 Å². The van der Waals surface area contributed by atoms with Crippen LogP contribution in [0.5, 0.6) is 0 Å². The summed E-state index contributed by atoms with van der Waals surface area (Å²) in [6.45, 7) is 3.03. The van der Waals surface area contributed by atoms with Crippen LogP contribution in [0.15, 0.2) is 29.3 Å². The SMILES string of the molecule is CCOC1=NCC(c2ccc(C(F)(F)F)cc2)C1. The van der Waals surface area contributed by atoms with Gasteiger partial charge in [-0.05, 0) is 24.6 Å². The zero-order valence-corrected chi connectivity index (χ0v) is 10.00. The van der Waals surface area contributed by atoms with Crippen LogP contribution in [0.4, 0.5) is 13.2 Å². The molecule has 1 heterocycles. The molecule has 1 atom stereocenters. The molecule has 1 aliphatic rings. The first kappa shape index (κ1) is 12.9. The molecule has 5 heteroatoms. The first-order valence-electron chi connectivity index (χ1n) is 5.84. The highest BCUT2D eigenvalue weighted by molar-refractivity contribution is 5.79. The van der Waals surface area contributed by atoms with Crippen LogP contribution < -0.4 is 0 Å². The van der Waals surface area contributed by atoms with Gasteiger partial charge >= 0.3 is 6.18 Å². The lowest BCUT2D eigenvalue weighted by atomic mass is 9.96. The molecule has 18 heavy (non-hydrogen) atoms. The molecule has 1 aromatic rings. The van der Waals surface area contributed by atoms with Crippen molar-refractivity contribution in [1.82, 2.24) is 0 Å². The molecule has 0 N–H and O–H groups in total. The Morgan fingerprint density at radius 2 is 1.94 bits per heavy atom. The summed E-state index contributed by atoms with van der Waals surface area (Å²) in [5.41, 5.74) is 0.261. The number of hydrogen-bond donors (Lipinski definition) is 0. The first-order chi connectivity index (χ1) is 8.50. The van der Waals surface area contributed by atoms with Crippen molar-refractivity contribution in [2.45, 2.75) is 25.4 Å². The average Bonchev–Trinajstić information content (AvgIpc) is 2.77. The van der Waals surface area contributed by atoms with Gasteiger partial charge in [0.05, 0.1) is 12.2 Å². The van der Waals surface area contributed by atoms with Gasteiger partial charge in [0.15, 0.2) is 5.90 Å². The molecule has 0 bridgehead atoms. The van der Waals surface area contributed by atoms with E-state index in [1.54, 1.807) is 0 Å². The standard InChI is InChI=1S/C13H14F3NO/c1-2-18-12-7-10(8-17-12)9-3-5-11(6-4-9)13(14,15)16/h3-6,10H,2,7-8H2,1H3. The van der Waals surface area contributed by atoms with Gasteiger partial charge in [0, 0.05) is 18.9 Å². The third-order valence-corrected chi connectivity index (χ3v) is 2.93. The van der Waals surface area contributed by atoms with Gasteiger partial charge in [-0.2, -0.15) is 13.2 Å². The fourth-order valence-electron chi connectivity index (χ4n) is 1.99. The molecule has 0 spiro atoms. The average molecular weight is 257 g/mol. The van der Waals surface area contributed by atoms with Gasteiger partial charge in [0.2, 0.25) is 0 Å². The predicted octanol–water partition coefficient (Wildman–Crippen LogP) is 3.63. The number of hydrogen-bond acceptors (Lipinski definition) is 2. The molecule has 0 aliphatic carbocycles. The topological polar surface area (TPSA) is 21.6 Å². The van der Waals surface area contributed by atoms with E-state index >= 15 is 0 Å². The molecule has 0 aromatic heterocycles. The van der Waals surface area contributed by atoms with Crippen molar-refractivity contribution in [2.75, 3.05) is 13.2 Å². The van der Waals surface area contributed by atoms with Crippen LogP contribution in [0.2, 0.25) is 0 Å². The van der Waals surface area contributed by atoms with E-state index in [4.69, 9.17) is 4.74 Å². The first-order valence-corrected chi connectivity index (χ1v) is 5.84. The summed E-state index contributed by atoms with van der Waals surface area (Å²) in [6, 6.07) is 5.29. The lowest BCUT2D eigenvalue weighted by molar-refractivity contribution is -0.137. The normalized spacial score (nSPS) is 19.8. The van der Waals surface area contributed by atoms with Crippen molar-refractivity contribution >= 4 is 5.90 Å². The van der Waals surface area contributed by atoms with Crippen molar-refractivity contribution in [1.29, 1.82) is 0 Å². The number of halogens is 3. The Labute approximate surface area is 103 Å². The maximum Gasteiger partial charge on any atom is 0.416 e. The Morgan fingerprint density at radius 1 is 1.28 bits per heavy atom. The lowest BCUT2D eigenvalue weighted by Crippen LogP contribution is -2.07. The molecule has 0 amide bonds. The van der Waals surface area contributed by atoms with Crippen molar-refractivity contribution in [3.05, 3.63) is 35.4 Å². The third-order valence-electron chi connectivity index (χ3n) is 2.93. The highest BCUT2D eigenvalue weighted by Gasteiger charge is 2.30. The second-order valence-corrected chi connectivity index (χ2v) is 4.19. The minimum atomic E-state index is -4.28. The number of ether oxygens (including phenoxy) is 1. The van der Waals surface area contributed by atoms with E-state index in [9.17, 15) is 13.2 Å². The number of rotatable bonds is 2. The number of nitrogens with zero attached hydrogens (tertiary/aromatic N) is 1. The number of alkyl halides is 3. The summed E-state index contributed by atoms with van der Waals surface area (Å²) >= 11 is 0. The van der Waals surface area contributed by atoms with Crippen LogP contribution in [-0.4, -0.2) is 19.0 Å². The molecule has 98 valence electrons. The largest absolute Gasteiger partial charge is 0.481 e. The molecule has 0 radical (unpaired) electrons. The molecule has 0 fully saturated rings. The predicted molar refractivity (Wildman–Crippen MR) is 62.7 cm³/mol. The molecule has 1 aliphatic heterocycles. The smallest absolute Gasteiger partial charge is 0.416 e. The molecule has 0 saturated heterocycles. The summed E-state index contributed by atoms with van der Waals surface area (Å²) in [4.78, 5) is 4.23. The summed E-state index contributed by atoms with van der Waals surface area (Å²) < 4.78 is 42.6. The van der Waals surface area contributed by atoms with E-state index in [0.29, 0.717) is 25.5 Å². The van der Waals surface area contributed by atoms with Crippen LogP contribution in [-0.2, 0) is 10.9 Å². The molecular formula is C13H14F3NO. The zero-order chi connectivity index (χ0) is 13.2. The van der Waals surface area contributed by atoms with Crippen LogP contribution >= 0.6 is 0 Å². The minimum Gasteiger partial charge on any atom is -0.481 e. The van der Waals surface area contributed by atoms with E-state index in [0.717, 1.165) is 17.7 Å². The zero-order valence-electron chi connectivity index (χ0n) is 10.00. The van der Waals surface area contributed by atoms with Crippen LogP contribution in [0.1, 0.15) is 30.4 Å². The molecular weight excluding hydrogens is 243 g/mol. The second-order valence-electron chi connectivity index (χ2n) is 4.19. The van der Waals surface area contributed by atoms with Crippen molar-refractivity contribution in [3.63, 3.8) is 0 Å². The Kier molecular flexibility index (Phi) is 3.59. The summed E-state index contributed by atoms with van der Waals surface area (Å²) in [5.74, 6) is 0.830. The van der Waals surface area contributed by atoms with E-state index in [1.165, 1.54) is 12.1 Å². The van der Waals surface area contributed by atoms with Gasteiger partial charge in [-0.3, -0.25) is 4.99 Å². The van der Waals surface area contributed by atoms with Crippen LogP contribution in [0, 0.1) is 0 Å². The van der Waals surface area contributed by atoms with E-state index in [2.05, 4.69) is 4.99 Å². The van der Waals surface area contributed by atoms with E-state index < -0.39 is 11.7 Å². The monoisotopic (exact) mass is 257 g/mol. The molecule has 2 rings (SSSR count). The molecule has 1 unspecified atom stereocenters. The summed E-state index contributed by atoms with van der Waals surface area (Å²) in [5, 5.41) is 0. The third kappa shape index (κ3) is 2.83. The maximum absolute atomic E-state index is 12.4. The molecule has 1 aromatic carbocycles. The van der Waals surface area contributed by atoms with Gasteiger partial charge in [0.25, 0.3) is 0 Å². The quantitative estimate of drug-likeness (QED) is 0.792. The van der Waals surface area contributed by atoms with Gasteiger partial charge in [0.1, 0.15) is 0 Å². The van der Waals surface area contributed by atoms with Crippen molar-refractivity contribution < 1.29 is 17.9 Å². The van der Waals surface area contributed by atoms with Gasteiger partial charge < -0.3 is 4.74 Å². The van der Waals surface area contributed by atoms with Crippen molar-refractivity contribution in [3.8, 4) is 0 Å². The molecule has 2 nitrogen and oxygen atoms in total. The maximum atomic E-state index is 12.4. The van der Waals surface area contributed by atoms with Gasteiger partial charge in [-0.1, -0.05) is 12.1 Å². The van der Waals surface area contributed by atoms with Crippen molar-refractivity contribution in [2.24, 2.45) is 4.99 Å². The Morgan fingerprint density at radius 3 is 2.50 bits per heavy atom. The number of aliphatic imine (C=N–C) groups is 1. The minimum absolute atomic E-state index is 0.133. The summed E-state index contributed by atoms with van der Waals surface area (Å²) in [6.07, 6.45) is -3.61. The van der Waals surface area contributed by atoms with Gasteiger partial charge in [-0.15, -0.1) is 0 Å². The fourth-order valence-corrected chi connectivity index (χ4v) is 1.99. The fraction of sp³-hybridized carbons (Fsp3) is 0.462. The van der Waals surface area contributed by atoms with Crippen LogP contribution in [0.25, 0.3) is 0 Å². The Balaban J connectivity index is 2.04. The highest BCUT2D eigenvalue weighted by atomic mass is 19.4. The van der Waals surface area contributed by atoms with Gasteiger partial charge in [-0.25, -0.2) is 0 Å². The molecule has 0 saturated carbocycles.